The molecular formula is C26H28Cl2N4O4. The van der Waals surface area contributed by atoms with Crippen LogP contribution in [0.2, 0.25) is 10.0 Å². The lowest BCUT2D eigenvalue weighted by molar-refractivity contribution is -0.142. The Hall–Kier alpha value is -3.10. The molecule has 1 heterocycles. The van der Waals surface area contributed by atoms with Gasteiger partial charge in [-0.05, 0) is 47.0 Å². The molecule has 2 N–H and O–H groups in total. The molecular weight excluding hydrogens is 503 g/mol. The van der Waals surface area contributed by atoms with Crippen molar-refractivity contribution in [3.63, 3.8) is 0 Å². The van der Waals surface area contributed by atoms with Gasteiger partial charge in [0.15, 0.2) is 0 Å². The first kappa shape index (κ1) is 26.0. The Morgan fingerprint density at radius 1 is 1.06 bits per heavy atom. The molecule has 2 aromatic carbocycles. The molecule has 0 bridgehead atoms. The molecule has 1 aliphatic carbocycles. The molecule has 8 nitrogen and oxygen atoms in total. The zero-order valence-electron chi connectivity index (χ0n) is 20.6. The molecule has 1 spiro atoms. The minimum atomic E-state index is -0.934. The molecule has 5 amide bonds. The number of halogens is 2. The third kappa shape index (κ3) is 5.06. The average Bonchev–Trinajstić information content (AvgIpc) is 3.24. The summed E-state index contributed by atoms with van der Waals surface area (Å²) in [4.78, 5) is 53.6. The minimum Gasteiger partial charge on any atom is -0.329 e. The van der Waals surface area contributed by atoms with Crippen molar-refractivity contribution in [1.29, 1.82) is 0 Å². The number of urea groups is 1. The van der Waals surface area contributed by atoms with E-state index >= 15 is 0 Å². The van der Waals surface area contributed by atoms with Crippen LogP contribution in [0, 0.1) is 5.41 Å². The highest BCUT2D eigenvalue weighted by Crippen LogP contribution is 2.38. The molecule has 1 aliphatic heterocycles. The highest BCUT2D eigenvalue weighted by Gasteiger charge is 2.54. The second kappa shape index (κ2) is 9.41. The van der Waals surface area contributed by atoms with E-state index < -0.39 is 17.0 Å². The van der Waals surface area contributed by atoms with Gasteiger partial charge in [0, 0.05) is 47.6 Å². The minimum absolute atomic E-state index is 0.166. The average molecular weight is 531 g/mol. The summed E-state index contributed by atoms with van der Waals surface area (Å²) in [5.74, 6) is -0.863. The largest absolute Gasteiger partial charge is 0.329 e. The van der Waals surface area contributed by atoms with E-state index in [1.54, 1.807) is 52.1 Å². The quantitative estimate of drug-likeness (QED) is 0.570. The first-order valence-electron chi connectivity index (χ1n) is 11.5. The Morgan fingerprint density at radius 3 is 2.28 bits per heavy atom. The molecule has 0 saturated carbocycles. The maximum Gasteiger partial charge on any atom is 0.324 e. The number of likely N-dealkylation sites (N-methyl/N-ethyl adjacent to an activating group) is 1. The summed E-state index contributed by atoms with van der Waals surface area (Å²) in [6, 6.07) is 10.1. The van der Waals surface area contributed by atoms with E-state index in [1.165, 1.54) is 9.80 Å². The van der Waals surface area contributed by atoms with Crippen molar-refractivity contribution in [3.8, 4) is 0 Å². The SMILES string of the molecule is CN1C(=O)NC(=O)[C@@]12Cc1ccc(NC(=O)CN(Cc3cc(Cl)cc(Cl)c3)C(=O)C(C)(C)C)cc1C2. The monoisotopic (exact) mass is 530 g/mol. The number of fused-ring (bicyclic) bond motifs is 1. The van der Waals surface area contributed by atoms with Crippen molar-refractivity contribution in [2.45, 2.75) is 45.7 Å². The van der Waals surface area contributed by atoms with Gasteiger partial charge in [-0.15, -0.1) is 0 Å². The lowest BCUT2D eigenvalue weighted by atomic mass is 9.94. The lowest BCUT2D eigenvalue weighted by Crippen LogP contribution is -2.48. The first-order chi connectivity index (χ1) is 16.8. The van der Waals surface area contributed by atoms with Crippen LogP contribution in [0.3, 0.4) is 0 Å². The van der Waals surface area contributed by atoms with E-state index in [0.29, 0.717) is 34.1 Å². The molecule has 2 aliphatic rings. The van der Waals surface area contributed by atoms with Gasteiger partial charge in [0.2, 0.25) is 11.8 Å². The van der Waals surface area contributed by atoms with Crippen molar-refractivity contribution in [2.75, 3.05) is 18.9 Å². The molecule has 4 rings (SSSR count). The number of hydrogen-bond acceptors (Lipinski definition) is 4. The molecule has 1 fully saturated rings. The van der Waals surface area contributed by atoms with E-state index in [9.17, 15) is 19.2 Å². The van der Waals surface area contributed by atoms with Gasteiger partial charge in [-0.1, -0.05) is 50.0 Å². The number of imide groups is 1. The maximum absolute atomic E-state index is 13.1. The number of anilines is 1. The normalized spacial score (nSPS) is 18.9. The Bertz CT molecular complexity index is 1250. The van der Waals surface area contributed by atoms with Crippen LogP contribution in [0.25, 0.3) is 0 Å². The first-order valence-corrected chi connectivity index (χ1v) is 12.3. The van der Waals surface area contributed by atoms with Crippen molar-refractivity contribution in [2.24, 2.45) is 5.41 Å². The van der Waals surface area contributed by atoms with Gasteiger partial charge < -0.3 is 15.1 Å². The molecule has 1 atom stereocenters. The van der Waals surface area contributed by atoms with Crippen LogP contribution in [0.5, 0.6) is 0 Å². The van der Waals surface area contributed by atoms with Gasteiger partial charge in [-0.25, -0.2) is 4.79 Å². The van der Waals surface area contributed by atoms with Crippen LogP contribution in [0.4, 0.5) is 10.5 Å². The molecule has 0 radical (unpaired) electrons. The number of nitrogens with zero attached hydrogens (tertiary/aromatic N) is 2. The third-order valence-corrected chi connectivity index (χ3v) is 7.04. The Morgan fingerprint density at radius 2 is 1.69 bits per heavy atom. The predicted octanol–water partition coefficient (Wildman–Crippen LogP) is 4.03. The number of hydrogen-bond donors (Lipinski definition) is 2. The summed E-state index contributed by atoms with van der Waals surface area (Å²) in [6.07, 6.45) is 0.783. The number of amides is 5. The molecule has 10 heteroatoms. The smallest absolute Gasteiger partial charge is 0.324 e. The molecule has 1 saturated heterocycles. The van der Waals surface area contributed by atoms with Gasteiger partial charge in [0.1, 0.15) is 12.1 Å². The van der Waals surface area contributed by atoms with Crippen LogP contribution in [0.1, 0.15) is 37.5 Å². The zero-order chi connectivity index (χ0) is 26.4. The van der Waals surface area contributed by atoms with E-state index in [1.807, 2.05) is 12.1 Å². The van der Waals surface area contributed by atoms with Gasteiger partial charge in [0.25, 0.3) is 5.91 Å². The third-order valence-electron chi connectivity index (χ3n) is 6.60. The molecule has 2 aromatic rings. The second-order valence-electron chi connectivity index (χ2n) is 10.4. The Balaban J connectivity index is 1.49. The number of rotatable bonds is 5. The molecule has 0 unspecified atom stereocenters. The maximum atomic E-state index is 13.1. The zero-order valence-corrected chi connectivity index (χ0v) is 22.1. The van der Waals surface area contributed by atoms with Crippen molar-refractivity contribution < 1.29 is 19.2 Å². The van der Waals surface area contributed by atoms with Crippen molar-refractivity contribution >= 4 is 52.6 Å². The fourth-order valence-electron chi connectivity index (χ4n) is 4.75. The highest BCUT2D eigenvalue weighted by molar-refractivity contribution is 6.34. The lowest BCUT2D eigenvalue weighted by Gasteiger charge is -2.29. The summed E-state index contributed by atoms with van der Waals surface area (Å²) < 4.78 is 0. The van der Waals surface area contributed by atoms with E-state index in [2.05, 4.69) is 10.6 Å². The van der Waals surface area contributed by atoms with E-state index in [4.69, 9.17) is 23.2 Å². The van der Waals surface area contributed by atoms with Crippen molar-refractivity contribution in [3.05, 3.63) is 63.1 Å². The Labute approximate surface area is 219 Å². The Kier molecular flexibility index (Phi) is 6.79. The van der Waals surface area contributed by atoms with Gasteiger partial charge in [-0.3, -0.25) is 19.7 Å². The summed E-state index contributed by atoms with van der Waals surface area (Å²) in [7, 11) is 1.61. The van der Waals surface area contributed by atoms with Crippen LogP contribution in [-0.2, 0) is 33.8 Å². The van der Waals surface area contributed by atoms with Gasteiger partial charge >= 0.3 is 6.03 Å². The van der Waals surface area contributed by atoms with E-state index in [0.717, 1.165) is 11.1 Å². The predicted molar refractivity (Wildman–Crippen MR) is 138 cm³/mol. The summed E-state index contributed by atoms with van der Waals surface area (Å²) in [6.45, 7) is 5.39. The number of nitrogens with one attached hydrogen (secondary N) is 2. The van der Waals surface area contributed by atoms with Crippen LogP contribution in [0.15, 0.2) is 36.4 Å². The van der Waals surface area contributed by atoms with Gasteiger partial charge in [-0.2, -0.15) is 0 Å². The summed E-state index contributed by atoms with van der Waals surface area (Å²) in [5, 5.41) is 6.13. The van der Waals surface area contributed by atoms with E-state index in [-0.39, 0.29) is 30.8 Å². The summed E-state index contributed by atoms with van der Waals surface area (Å²) in [5.41, 5.74) is 1.48. The summed E-state index contributed by atoms with van der Waals surface area (Å²) >= 11 is 12.2. The van der Waals surface area contributed by atoms with Gasteiger partial charge in [0.05, 0.1) is 0 Å². The number of carbonyl (C=O) groups is 4. The number of carbonyl (C=O) groups excluding carboxylic acids is 4. The van der Waals surface area contributed by atoms with Crippen LogP contribution in [-0.4, -0.2) is 52.7 Å². The molecule has 190 valence electrons. The molecule has 0 aromatic heterocycles. The van der Waals surface area contributed by atoms with Crippen LogP contribution < -0.4 is 10.6 Å². The molecule has 36 heavy (non-hydrogen) atoms. The van der Waals surface area contributed by atoms with Crippen molar-refractivity contribution in [1.82, 2.24) is 15.1 Å². The topological polar surface area (TPSA) is 98.8 Å². The fraction of sp³-hybridized carbons (Fsp3) is 0.385. The highest BCUT2D eigenvalue weighted by atomic mass is 35.5. The standard InChI is InChI=1S/C26H28Cl2N4O4/c1-25(2,3)23(35)32(13-15-7-18(27)10-19(28)8-15)14-21(33)29-20-6-5-16-11-26(12-17(16)9-20)22(34)30-24(36)31(26)4/h5-10H,11-14H2,1-4H3,(H,29,33)(H,30,34,36)/t26-/m0/s1. The fourth-order valence-corrected chi connectivity index (χ4v) is 5.32. The second-order valence-corrected chi connectivity index (χ2v) is 11.3. The van der Waals surface area contributed by atoms with Crippen LogP contribution >= 0.6 is 23.2 Å². The number of benzene rings is 2.